The summed E-state index contributed by atoms with van der Waals surface area (Å²) < 4.78 is 4.79. The molecule has 0 aliphatic carbocycles. The Morgan fingerprint density at radius 3 is 2.72 bits per heavy atom. The number of anilines is 1. The number of aromatic nitrogens is 2. The number of hydrogen-bond acceptors (Lipinski definition) is 7. The molecule has 18 heavy (non-hydrogen) atoms. The summed E-state index contributed by atoms with van der Waals surface area (Å²) >= 11 is 1.07. The van der Waals surface area contributed by atoms with Crippen LogP contribution in [0, 0.1) is 0 Å². The van der Waals surface area contributed by atoms with E-state index in [-0.39, 0.29) is 23.1 Å². The minimum atomic E-state index is -0.575. The number of rotatable bonds is 5. The Hall–Kier alpha value is -1.83. The van der Waals surface area contributed by atoms with Gasteiger partial charge in [0.05, 0.1) is 11.9 Å². The minimum absolute atomic E-state index is 0.0163. The van der Waals surface area contributed by atoms with Crippen LogP contribution in [0.1, 0.15) is 24.2 Å². The van der Waals surface area contributed by atoms with Crippen LogP contribution < -0.4 is 11.5 Å². The standard InChI is InChI=1S/C10H14N4O3S/c1-3-17-9(16)6-4-13-10(14-7(6)11)18-5(2)8(12)15/h4-5H,3H2,1-2H3,(H2,12,15)(H2,11,13,14)/t5-/m0/s1. The van der Waals surface area contributed by atoms with E-state index in [1.54, 1.807) is 13.8 Å². The molecule has 0 aliphatic heterocycles. The zero-order valence-corrected chi connectivity index (χ0v) is 10.9. The summed E-state index contributed by atoms with van der Waals surface area (Å²) in [4.78, 5) is 30.2. The summed E-state index contributed by atoms with van der Waals surface area (Å²) in [7, 11) is 0. The molecule has 0 aliphatic rings. The molecule has 1 amide bonds. The fourth-order valence-corrected chi connectivity index (χ4v) is 1.71. The van der Waals surface area contributed by atoms with Gasteiger partial charge >= 0.3 is 5.97 Å². The van der Waals surface area contributed by atoms with E-state index in [9.17, 15) is 9.59 Å². The van der Waals surface area contributed by atoms with Crippen LogP contribution in [-0.2, 0) is 9.53 Å². The lowest BCUT2D eigenvalue weighted by molar-refractivity contribution is -0.117. The van der Waals surface area contributed by atoms with Gasteiger partial charge in [0, 0.05) is 6.20 Å². The van der Waals surface area contributed by atoms with Crippen LogP contribution in [0.25, 0.3) is 0 Å². The average Bonchev–Trinajstić information content (AvgIpc) is 2.29. The first-order chi connectivity index (χ1) is 8.45. The molecule has 0 unspecified atom stereocenters. The smallest absolute Gasteiger partial charge is 0.343 e. The van der Waals surface area contributed by atoms with Gasteiger partial charge in [0.1, 0.15) is 11.4 Å². The summed E-state index contributed by atoms with van der Waals surface area (Å²) in [6.07, 6.45) is 1.27. The summed E-state index contributed by atoms with van der Waals surface area (Å²) in [5.74, 6) is -1.03. The first-order valence-electron chi connectivity index (χ1n) is 5.21. The lowest BCUT2D eigenvalue weighted by atomic mass is 10.3. The van der Waals surface area contributed by atoms with Crippen LogP contribution in [0.15, 0.2) is 11.4 Å². The molecule has 0 saturated heterocycles. The Labute approximate surface area is 108 Å². The third-order valence-electron chi connectivity index (χ3n) is 1.97. The number of esters is 1. The van der Waals surface area contributed by atoms with E-state index in [0.29, 0.717) is 0 Å². The van der Waals surface area contributed by atoms with Gasteiger partial charge < -0.3 is 16.2 Å². The Balaban J connectivity index is 2.85. The lowest BCUT2D eigenvalue weighted by Crippen LogP contribution is -2.23. The van der Waals surface area contributed by atoms with E-state index in [4.69, 9.17) is 16.2 Å². The van der Waals surface area contributed by atoms with Crippen molar-refractivity contribution in [2.75, 3.05) is 12.3 Å². The molecule has 98 valence electrons. The molecule has 0 bridgehead atoms. The molecule has 8 heteroatoms. The molecular weight excluding hydrogens is 256 g/mol. The largest absolute Gasteiger partial charge is 0.462 e. The predicted molar refractivity (Wildman–Crippen MR) is 66.9 cm³/mol. The van der Waals surface area contributed by atoms with Gasteiger partial charge in [-0.25, -0.2) is 14.8 Å². The van der Waals surface area contributed by atoms with Crippen LogP contribution in [-0.4, -0.2) is 33.7 Å². The molecule has 1 heterocycles. The molecule has 1 rings (SSSR count). The number of nitrogens with two attached hydrogens (primary N) is 2. The predicted octanol–water partition coefficient (Wildman–Crippen LogP) is 0.201. The molecule has 0 saturated carbocycles. The minimum Gasteiger partial charge on any atom is -0.462 e. The van der Waals surface area contributed by atoms with E-state index in [1.807, 2.05) is 0 Å². The maximum atomic E-state index is 11.4. The average molecular weight is 270 g/mol. The fourth-order valence-electron chi connectivity index (χ4n) is 1.02. The summed E-state index contributed by atoms with van der Waals surface area (Å²) in [5.41, 5.74) is 10.8. The van der Waals surface area contributed by atoms with Crippen molar-refractivity contribution in [3.63, 3.8) is 0 Å². The molecule has 0 fully saturated rings. The number of hydrogen-bond donors (Lipinski definition) is 2. The van der Waals surface area contributed by atoms with Crippen molar-refractivity contribution in [3.05, 3.63) is 11.8 Å². The van der Waals surface area contributed by atoms with Gasteiger partial charge in [0.2, 0.25) is 5.91 Å². The molecule has 7 nitrogen and oxygen atoms in total. The van der Waals surface area contributed by atoms with E-state index in [1.165, 1.54) is 6.20 Å². The van der Waals surface area contributed by atoms with Crippen LogP contribution >= 0.6 is 11.8 Å². The second-order valence-electron chi connectivity index (χ2n) is 3.33. The normalized spacial score (nSPS) is 11.9. The van der Waals surface area contributed by atoms with Crippen molar-refractivity contribution in [2.24, 2.45) is 5.73 Å². The number of primary amides is 1. The monoisotopic (exact) mass is 270 g/mol. The van der Waals surface area contributed by atoms with Crippen molar-refractivity contribution in [3.8, 4) is 0 Å². The quantitative estimate of drug-likeness (QED) is 0.445. The number of nitrogen functional groups attached to an aromatic ring is 1. The van der Waals surface area contributed by atoms with Crippen molar-refractivity contribution in [1.29, 1.82) is 0 Å². The van der Waals surface area contributed by atoms with E-state index in [0.717, 1.165) is 11.8 Å². The second-order valence-corrected chi connectivity index (χ2v) is 4.64. The van der Waals surface area contributed by atoms with Gasteiger partial charge in [0.25, 0.3) is 0 Å². The Morgan fingerprint density at radius 1 is 1.56 bits per heavy atom. The molecule has 0 aromatic carbocycles. The molecule has 1 aromatic rings. The van der Waals surface area contributed by atoms with Gasteiger partial charge in [-0.15, -0.1) is 0 Å². The zero-order valence-electron chi connectivity index (χ0n) is 10.0. The fraction of sp³-hybridized carbons (Fsp3) is 0.400. The van der Waals surface area contributed by atoms with Gasteiger partial charge in [-0.1, -0.05) is 11.8 Å². The molecule has 1 aromatic heterocycles. The van der Waals surface area contributed by atoms with Crippen molar-refractivity contribution in [2.45, 2.75) is 24.3 Å². The SMILES string of the molecule is CCOC(=O)c1cnc(S[C@@H](C)C(N)=O)nc1N. The Kier molecular flexibility index (Phi) is 4.90. The second kappa shape index (κ2) is 6.20. The third kappa shape index (κ3) is 3.59. The van der Waals surface area contributed by atoms with E-state index < -0.39 is 17.1 Å². The van der Waals surface area contributed by atoms with Crippen LogP contribution in [0.2, 0.25) is 0 Å². The van der Waals surface area contributed by atoms with Crippen LogP contribution in [0.3, 0.4) is 0 Å². The van der Waals surface area contributed by atoms with Gasteiger partial charge in [-0.2, -0.15) is 0 Å². The highest BCUT2D eigenvalue weighted by Crippen LogP contribution is 2.21. The molecular formula is C10H14N4O3S. The number of nitrogens with zero attached hydrogens (tertiary/aromatic N) is 2. The zero-order chi connectivity index (χ0) is 13.7. The van der Waals surface area contributed by atoms with Gasteiger partial charge in [-0.3, -0.25) is 4.79 Å². The Morgan fingerprint density at radius 2 is 2.22 bits per heavy atom. The van der Waals surface area contributed by atoms with Crippen LogP contribution in [0.5, 0.6) is 0 Å². The first kappa shape index (κ1) is 14.2. The van der Waals surface area contributed by atoms with Crippen molar-refractivity contribution < 1.29 is 14.3 Å². The number of carbonyl (C=O) groups excluding carboxylic acids is 2. The maximum Gasteiger partial charge on any atom is 0.343 e. The highest BCUT2D eigenvalue weighted by Gasteiger charge is 2.16. The molecule has 0 spiro atoms. The first-order valence-corrected chi connectivity index (χ1v) is 6.09. The van der Waals surface area contributed by atoms with Crippen LogP contribution in [0.4, 0.5) is 5.82 Å². The Bertz CT molecular complexity index is 466. The number of carbonyl (C=O) groups is 2. The summed E-state index contributed by atoms with van der Waals surface area (Å²) in [6.45, 7) is 3.56. The highest BCUT2D eigenvalue weighted by molar-refractivity contribution is 8.00. The number of amides is 1. The van der Waals surface area contributed by atoms with Gasteiger partial charge in [0.15, 0.2) is 5.16 Å². The molecule has 1 atom stereocenters. The van der Waals surface area contributed by atoms with E-state index in [2.05, 4.69) is 9.97 Å². The summed E-state index contributed by atoms with van der Waals surface area (Å²) in [5, 5.41) is -0.190. The topological polar surface area (TPSA) is 121 Å². The molecule has 0 radical (unpaired) electrons. The molecule has 4 N–H and O–H groups in total. The maximum absolute atomic E-state index is 11.4. The van der Waals surface area contributed by atoms with E-state index >= 15 is 0 Å². The van der Waals surface area contributed by atoms with Gasteiger partial charge in [-0.05, 0) is 13.8 Å². The van der Waals surface area contributed by atoms with Crippen molar-refractivity contribution in [1.82, 2.24) is 9.97 Å². The highest BCUT2D eigenvalue weighted by atomic mass is 32.2. The lowest BCUT2D eigenvalue weighted by Gasteiger charge is -2.08. The van der Waals surface area contributed by atoms with Crippen molar-refractivity contribution >= 4 is 29.5 Å². The third-order valence-corrected chi connectivity index (χ3v) is 2.97. The number of ether oxygens (including phenoxy) is 1. The number of thioether (sulfide) groups is 1. The summed E-state index contributed by atoms with van der Waals surface area (Å²) in [6, 6.07) is 0.